The second kappa shape index (κ2) is 16.3. The Kier molecular flexibility index (Phi) is 11.3. The molecular weight excluding hydrogens is 709 g/mol. The molecule has 6 rings (SSSR count). The maximum absolute atomic E-state index is 13.4. The number of Topliss-reactive ketones (excluding diaryl/α,β-unsaturated/α-hetero) is 2. The van der Waals surface area contributed by atoms with Crippen molar-refractivity contribution in [2.24, 2.45) is 0 Å². The molecule has 4 N–H and O–H groups in total. The molecule has 0 aliphatic carbocycles. The molecule has 1 atom stereocenters. The van der Waals surface area contributed by atoms with E-state index in [0.717, 1.165) is 27.5 Å². The number of H-pyrrole nitrogens is 1. The Hall–Kier alpha value is -6.12. The van der Waals surface area contributed by atoms with Crippen LogP contribution in [0.15, 0.2) is 108 Å². The fourth-order valence-electron chi connectivity index (χ4n) is 6.35. The summed E-state index contributed by atoms with van der Waals surface area (Å²) < 4.78 is 31.0. The minimum absolute atomic E-state index is 0.0124. The van der Waals surface area contributed by atoms with Crippen LogP contribution in [0.25, 0.3) is 27.4 Å². The third kappa shape index (κ3) is 8.73. The number of hydrogen-bond acceptors (Lipinski definition) is 8. The number of fused-ring (bicyclic) bond motifs is 2. The van der Waals surface area contributed by atoms with Crippen molar-refractivity contribution in [1.29, 1.82) is 0 Å². The molecule has 0 radical (unpaired) electrons. The first-order valence-electron chi connectivity index (χ1n) is 17.3. The predicted molar refractivity (Wildman–Crippen MR) is 205 cm³/mol. The van der Waals surface area contributed by atoms with Gasteiger partial charge in [0.25, 0.3) is 0 Å². The van der Waals surface area contributed by atoms with Gasteiger partial charge in [-0.15, -0.1) is 0 Å². The molecule has 0 aliphatic rings. The lowest BCUT2D eigenvalue weighted by molar-refractivity contribution is -0.138. The number of rotatable bonds is 17. The SMILES string of the molecule is CN(C)c1cccc2c(S(=O)(=O)NCc3cnn(-c4ccc(C(=O)CCC(=O)NC(Cc5c[nH]c6ccccc56)C(=O)CCC(=O)O)cc4)c3)cccc12. The predicted octanol–water partition coefficient (Wildman–Crippen LogP) is 5.18. The Balaban J connectivity index is 1.04. The van der Waals surface area contributed by atoms with Crippen molar-refractivity contribution in [3.05, 3.63) is 120 Å². The molecule has 2 aromatic heterocycles. The standard InChI is InChI=1S/C40H40N6O7S/c1-45(2)35-11-5-9-32-31(35)8-6-12-38(32)54(52,53)43-23-26-22-42-46(25-26)29-15-13-27(14-16-29)36(47)17-19-39(49)44-34(37(48)18-20-40(50)51)21-28-24-41-33-10-4-3-7-30(28)33/h3-16,22,24-25,34,41,43H,17-21,23H2,1-2H3,(H,44,49)(H,50,51). The van der Waals surface area contributed by atoms with E-state index in [2.05, 4.69) is 20.1 Å². The number of benzene rings is 4. The molecule has 54 heavy (non-hydrogen) atoms. The van der Waals surface area contributed by atoms with Crippen LogP contribution >= 0.6 is 0 Å². The van der Waals surface area contributed by atoms with Crippen LogP contribution in [0.5, 0.6) is 0 Å². The van der Waals surface area contributed by atoms with Crippen LogP contribution < -0.4 is 14.9 Å². The van der Waals surface area contributed by atoms with Crippen LogP contribution in [0.2, 0.25) is 0 Å². The molecule has 2 heterocycles. The number of aliphatic carboxylic acids is 1. The molecule has 0 fully saturated rings. The maximum atomic E-state index is 13.4. The molecule has 0 bridgehead atoms. The van der Waals surface area contributed by atoms with Gasteiger partial charge in [0.1, 0.15) is 0 Å². The van der Waals surface area contributed by atoms with Gasteiger partial charge in [-0.05, 0) is 48.0 Å². The number of carboxylic acid groups (broad SMARTS) is 1. The largest absolute Gasteiger partial charge is 0.481 e. The highest BCUT2D eigenvalue weighted by atomic mass is 32.2. The highest BCUT2D eigenvalue weighted by Gasteiger charge is 2.24. The number of nitrogens with zero attached hydrogens (tertiary/aromatic N) is 3. The number of nitrogens with one attached hydrogen (secondary N) is 3. The van der Waals surface area contributed by atoms with Crippen molar-refractivity contribution in [3.63, 3.8) is 0 Å². The number of aromatic nitrogens is 3. The van der Waals surface area contributed by atoms with Gasteiger partial charge in [0.15, 0.2) is 11.6 Å². The van der Waals surface area contributed by atoms with Crippen molar-refractivity contribution in [1.82, 2.24) is 24.8 Å². The van der Waals surface area contributed by atoms with E-state index in [1.165, 1.54) is 0 Å². The van der Waals surface area contributed by atoms with E-state index in [1.807, 2.05) is 61.5 Å². The molecule has 6 aromatic rings. The minimum atomic E-state index is -3.86. The van der Waals surface area contributed by atoms with Gasteiger partial charge < -0.3 is 20.3 Å². The molecular formula is C40H40N6O7S. The highest BCUT2D eigenvalue weighted by molar-refractivity contribution is 7.89. The highest BCUT2D eigenvalue weighted by Crippen LogP contribution is 2.30. The normalized spacial score (nSPS) is 12.1. The summed E-state index contributed by atoms with van der Waals surface area (Å²) in [6, 6.07) is 24.0. The lowest BCUT2D eigenvalue weighted by Crippen LogP contribution is -2.42. The van der Waals surface area contributed by atoms with Crippen LogP contribution in [-0.2, 0) is 37.4 Å². The molecule has 0 saturated carbocycles. The molecule has 0 saturated heterocycles. The fourth-order valence-corrected chi connectivity index (χ4v) is 7.58. The molecule has 1 amide bonds. The number of ketones is 2. The van der Waals surface area contributed by atoms with E-state index in [1.54, 1.807) is 65.7 Å². The first kappa shape index (κ1) is 37.6. The number of carbonyl (C=O) groups is 4. The summed E-state index contributed by atoms with van der Waals surface area (Å²) in [5.74, 6) is -2.28. The molecule has 1 unspecified atom stereocenters. The van der Waals surface area contributed by atoms with Crippen LogP contribution in [0.1, 0.15) is 47.2 Å². The maximum Gasteiger partial charge on any atom is 0.303 e. The van der Waals surface area contributed by atoms with Crippen LogP contribution in [0, 0.1) is 0 Å². The Labute approximate surface area is 312 Å². The third-order valence-electron chi connectivity index (χ3n) is 9.17. The van der Waals surface area contributed by atoms with Gasteiger partial charge in [-0.3, -0.25) is 19.2 Å². The Bertz CT molecular complexity index is 2450. The summed E-state index contributed by atoms with van der Waals surface area (Å²) in [5.41, 5.74) is 4.24. The number of sulfonamides is 1. The summed E-state index contributed by atoms with van der Waals surface area (Å²) in [5, 5.41) is 18.5. The van der Waals surface area contributed by atoms with Crippen LogP contribution in [0.4, 0.5) is 5.69 Å². The van der Waals surface area contributed by atoms with Gasteiger partial charge >= 0.3 is 5.97 Å². The smallest absolute Gasteiger partial charge is 0.303 e. The number of carboxylic acids is 1. The first-order valence-corrected chi connectivity index (χ1v) is 18.8. The average molecular weight is 749 g/mol. The summed E-state index contributed by atoms with van der Waals surface area (Å²) in [6.07, 6.45) is 4.35. The summed E-state index contributed by atoms with van der Waals surface area (Å²) >= 11 is 0. The van der Waals surface area contributed by atoms with Crippen molar-refractivity contribution in [2.75, 3.05) is 19.0 Å². The zero-order valence-corrected chi connectivity index (χ0v) is 30.6. The summed E-state index contributed by atoms with van der Waals surface area (Å²) in [4.78, 5) is 55.3. The number of hydrogen-bond donors (Lipinski definition) is 4. The van der Waals surface area contributed by atoms with Gasteiger partial charge in [0.2, 0.25) is 15.9 Å². The number of anilines is 1. The second-order valence-electron chi connectivity index (χ2n) is 13.2. The van der Waals surface area contributed by atoms with Gasteiger partial charge in [0.05, 0.1) is 29.2 Å². The van der Waals surface area contributed by atoms with E-state index in [4.69, 9.17) is 5.11 Å². The number of amides is 1. The van der Waals surface area contributed by atoms with E-state index in [9.17, 15) is 27.6 Å². The number of aromatic amines is 1. The van der Waals surface area contributed by atoms with Crippen molar-refractivity contribution < 1.29 is 32.7 Å². The monoisotopic (exact) mass is 748 g/mol. The van der Waals surface area contributed by atoms with E-state index in [0.29, 0.717) is 22.2 Å². The van der Waals surface area contributed by atoms with E-state index in [-0.39, 0.29) is 49.3 Å². The Morgan fingerprint density at radius 1 is 0.852 bits per heavy atom. The molecule has 14 heteroatoms. The molecule has 4 aromatic carbocycles. The van der Waals surface area contributed by atoms with Crippen molar-refractivity contribution in [3.8, 4) is 5.69 Å². The van der Waals surface area contributed by atoms with Gasteiger partial charge in [0, 0.05) is 97.2 Å². The minimum Gasteiger partial charge on any atom is -0.481 e. The first-order chi connectivity index (χ1) is 25.9. The molecule has 0 aliphatic heterocycles. The molecule has 0 spiro atoms. The fraction of sp³-hybridized carbons (Fsp3) is 0.225. The van der Waals surface area contributed by atoms with Crippen molar-refractivity contribution in [2.45, 2.75) is 49.6 Å². The van der Waals surface area contributed by atoms with E-state index >= 15 is 0 Å². The number of carbonyl (C=O) groups excluding carboxylic acids is 3. The number of para-hydroxylation sites is 1. The Morgan fingerprint density at radius 3 is 2.33 bits per heavy atom. The molecule has 13 nitrogen and oxygen atoms in total. The van der Waals surface area contributed by atoms with E-state index < -0.39 is 33.7 Å². The summed E-state index contributed by atoms with van der Waals surface area (Å²) in [7, 11) is -0.0451. The lowest BCUT2D eigenvalue weighted by atomic mass is 9.98. The van der Waals surface area contributed by atoms with Gasteiger partial charge in [-0.2, -0.15) is 5.10 Å². The van der Waals surface area contributed by atoms with Crippen LogP contribution in [0.3, 0.4) is 0 Å². The molecule has 278 valence electrons. The zero-order chi connectivity index (χ0) is 38.4. The lowest BCUT2D eigenvalue weighted by Gasteiger charge is -2.17. The Morgan fingerprint density at radius 2 is 1.57 bits per heavy atom. The summed E-state index contributed by atoms with van der Waals surface area (Å²) in [6.45, 7) is 0.0124. The van der Waals surface area contributed by atoms with Gasteiger partial charge in [-0.1, -0.05) is 42.5 Å². The van der Waals surface area contributed by atoms with Crippen LogP contribution in [-0.4, -0.2) is 71.9 Å². The average Bonchev–Trinajstić information content (AvgIpc) is 3.82. The van der Waals surface area contributed by atoms with Gasteiger partial charge in [-0.25, -0.2) is 17.8 Å². The topological polar surface area (TPSA) is 184 Å². The second-order valence-corrected chi connectivity index (χ2v) is 14.9. The zero-order valence-electron chi connectivity index (χ0n) is 29.8. The third-order valence-corrected chi connectivity index (χ3v) is 10.6. The quantitative estimate of drug-likeness (QED) is 0.0914. The van der Waals surface area contributed by atoms with Crippen molar-refractivity contribution >= 4 is 60.8 Å².